The smallest absolute Gasteiger partial charge is 0.264 e. The third kappa shape index (κ3) is 4.20. The van der Waals surface area contributed by atoms with Gasteiger partial charge in [0.1, 0.15) is 5.75 Å². The second kappa shape index (κ2) is 7.70. The Balaban J connectivity index is 1.66. The number of hydrogen-bond acceptors (Lipinski definition) is 4. The number of amides is 2. The standard InChI is InChI=1S/C19H22N2O3S/c1-14-6-7-17(25-14)19(23)20-9-8-18(22)21(11-10-20)13-15-4-3-5-16(12-15)24-2/h3-7,12H,8-11,13H2,1-2H3. The van der Waals surface area contributed by atoms with Gasteiger partial charge in [-0.15, -0.1) is 11.3 Å². The molecule has 0 N–H and O–H groups in total. The largest absolute Gasteiger partial charge is 0.497 e. The summed E-state index contributed by atoms with van der Waals surface area (Å²) in [6.07, 6.45) is 0.361. The third-order valence-electron chi connectivity index (χ3n) is 4.33. The minimum atomic E-state index is 0.0223. The van der Waals surface area contributed by atoms with Gasteiger partial charge in [0.25, 0.3) is 5.91 Å². The van der Waals surface area contributed by atoms with Gasteiger partial charge in [0.15, 0.2) is 0 Å². The lowest BCUT2D eigenvalue weighted by Crippen LogP contribution is -2.35. The fourth-order valence-electron chi connectivity index (χ4n) is 2.93. The van der Waals surface area contributed by atoms with E-state index in [0.717, 1.165) is 21.1 Å². The van der Waals surface area contributed by atoms with Crippen LogP contribution in [0, 0.1) is 6.92 Å². The molecular formula is C19H22N2O3S. The van der Waals surface area contributed by atoms with Crippen molar-refractivity contribution in [1.29, 1.82) is 0 Å². The van der Waals surface area contributed by atoms with Crippen LogP contribution in [0.2, 0.25) is 0 Å². The van der Waals surface area contributed by atoms with E-state index in [9.17, 15) is 9.59 Å². The first-order valence-electron chi connectivity index (χ1n) is 8.33. The van der Waals surface area contributed by atoms with Gasteiger partial charge in [0.2, 0.25) is 5.91 Å². The van der Waals surface area contributed by atoms with Crippen LogP contribution in [-0.4, -0.2) is 48.4 Å². The van der Waals surface area contributed by atoms with Crippen LogP contribution >= 0.6 is 11.3 Å². The molecule has 2 aromatic rings. The molecule has 1 aliphatic heterocycles. The molecule has 5 nitrogen and oxygen atoms in total. The molecule has 2 heterocycles. The minimum Gasteiger partial charge on any atom is -0.497 e. The van der Waals surface area contributed by atoms with E-state index in [1.54, 1.807) is 12.0 Å². The highest BCUT2D eigenvalue weighted by molar-refractivity contribution is 7.13. The fraction of sp³-hybridized carbons (Fsp3) is 0.368. The topological polar surface area (TPSA) is 49.9 Å². The monoisotopic (exact) mass is 358 g/mol. The molecule has 2 amide bonds. The summed E-state index contributed by atoms with van der Waals surface area (Å²) < 4.78 is 5.24. The molecule has 132 valence electrons. The van der Waals surface area contributed by atoms with Crippen molar-refractivity contribution < 1.29 is 14.3 Å². The minimum absolute atomic E-state index is 0.0223. The SMILES string of the molecule is COc1cccc(CN2CCN(C(=O)c3ccc(C)s3)CCC2=O)c1. The molecule has 0 unspecified atom stereocenters. The lowest BCUT2D eigenvalue weighted by molar-refractivity contribution is -0.130. The number of thiophene rings is 1. The zero-order chi connectivity index (χ0) is 17.8. The van der Waals surface area contributed by atoms with Crippen LogP contribution < -0.4 is 4.74 Å². The lowest BCUT2D eigenvalue weighted by atomic mass is 10.2. The fourth-order valence-corrected chi connectivity index (χ4v) is 3.77. The van der Waals surface area contributed by atoms with Crippen LogP contribution in [0.25, 0.3) is 0 Å². The number of hydrogen-bond donors (Lipinski definition) is 0. The normalized spacial score (nSPS) is 15.2. The predicted octanol–water partition coefficient (Wildman–Crippen LogP) is 2.94. The number of ether oxygens (including phenoxy) is 1. The van der Waals surface area contributed by atoms with Crippen molar-refractivity contribution in [3.05, 3.63) is 51.7 Å². The Morgan fingerprint density at radius 1 is 1.20 bits per heavy atom. The van der Waals surface area contributed by atoms with Crippen molar-refractivity contribution in [2.45, 2.75) is 19.9 Å². The van der Waals surface area contributed by atoms with E-state index in [2.05, 4.69) is 0 Å². The van der Waals surface area contributed by atoms with E-state index in [-0.39, 0.29) is 11.8 Å². The first-order chi connectivity index (χ1) is 12.1. The van der Waals surface area contributed by atoms with Crippen LogP contribution in [0.1, 0.15) is 26.5 Å². The average molecular weight is 358 g/mol. The maximum absolute atomic E-state index is 12.6. The van der Waals surface area contributed by atoms with Gasteiger partial charge < -0.3 is 14.5 Å². The summed E-state index contributed by atoms with van der Waals surface area (Å²) in [5, 5.41) is 0. The highest BCUT2D eigenvalue weighted by Gasteiger charge is 2.25. The Labute approximate surface area is 151 Å². The molecule has 1 aromatic carbocycles. The summed E-state index contributed by atoms with van der Waals surface area (Å²) in [5.74, 6) is 0.888. The molecule has 3 rings (SSSR count). The summed E-state index contributed by atoms with van der Waals surface area (Å²) in [6, 6.07) is 11.6. The molecule has 0 saturated carbocycles. The number of benzene rings is 1. The molecule has 6 heteroatoms. The van der Waals surface area contributed by atoms with Gasteiger partial charge in [-0.3, -0.25) is 9.59 Å². The van der Waals surface area contributed by atoms with Crippen LogP contribution in [-0.2, 0) is 11.3 Å². The first-order valence-corrected chi connectivity index (χ1v) is 9.15. The van der Waals surface area contributed by atoms with E-state index < -0.39 is 0 Å². The number of methoxy groups -OCH3 is 1. The van der Waals surface area contributed by atoms with Crippen LogP contribution in [0.3, 0.4) is 0 Å². The molecule has 0 spiro atoms. The van der Waals surface area contributed by atoms with Crippen LogP contribution in [0.5, 0.6) is 5.75 Å². The van der Waals surface area contributed by atoms with Crippen molar-refractivity contribution in [3.63, 3.8) is 0 Å². The molecule has 0 radical (unpaired) electrons. The summed E-state index contributed by atoms with van der Waals surface area (Å²) in [5.41, 5.74) is 1.03. The van der Waals surface area contributed by atoms with Gasteiger partial charge in [0, 0.05) is 37.5 Å². The molecule has 0 bridgehead atoms. The highest BCUT2D eigenvalue weighted by Crippen LogP contribution is 2.20. The van der Waals surface area contributed by atoms with E-state index in [1.165, 1.54) is 11.3 Å². The summed E-state index contributed by atoms with van der Waals surface area (Å²) in [4.78, 5) is 30.5. The second-order valence-corrected chi connectivity index (χ2v) is 7.41. The Kier molecular flexibility index (Phi) is 5.38. The first kappa shape index (κ1) is 17.5. The third-order valence-corrected chi connectivity index (χ3v) is 5.32. The summed E-state index contributed by atoms with van der Waals surface area (Å²) >= 11 is 1.50. The van der Waals surface area contributed by atoms with Gasteiger partial charge in [-0.25, -0.2) is 0 Å². The maximum Gasteiger partial charge on any atom is 0.264 e. The van der Waals surface area contributed by atoms with Gasteiger partial charge in [-0.2, -0.15) is 0 Å². The van der Waals surface area contributed by atoms with E-state index in [1.807, 2.05) is 48.2 Å². The zero-order valence-electron chi connectivity index (χ0n) is 14.5. The Morgan fingerprint density at radius 3 is 2.76 bits per heavy atom. The lowest BCUT2D eigenvalue weighted by Gasteiger charge is -2.22. The quantitative estimate of drug-likeness (QED) is 0.844. The van der Waals surface area contributed by atoms with Gasteiger partial charge in [-0.05, 0) is 36.8 Å². The Bertz CT molecular complexity index is 772. The number of nitrogens with zero attached hydrogens (tertiary/aromatic N) is 2. The van der Waals surface area contributed by atoms with Gasteiger partial charge >= 0.3 is 0 Å². The highest BCUT2D eigenvalue weighted by atomic mass is 32.1. The number of rotatable bonds is 4. The van der Waals surface area contributed by atoms with E-state index in [4.69, 9.17) is 4.74 Å². The number of aryl methyl sites for hydroxylation is 1. The summed E-state index contributed by atoms with van der Waals surface area (Å²) in [7, 11) is 1.63. The molecule has 0 atom stereocenters. The van der Waals surface area contributed by atoms with Crippen molar-refractivity contribution in [2.75, 3.05) is 26.7 Å². The van der Waals surface area contributed by atoms with E-state index in [0.29, 0.717) is 32.6 Å². The van der Waals surface area contributed by atoms with Crippen LogP contribution in [0.15, 0.2) is 36.4 Å². The molecule has 1 aromatic heterocycles. The number of carbonyl (C=O) groups excluding carboxylic acids is 2. The molecule has 25 heavy (non-hydrogen) atoms. The van der Waals surface area contributed by atoms with Crippen molar-refractivity contribution in [2.24, 2.45) is 0 Å². The predicted molar refractivity (Wildman–Crippen MR) is 98.0 cm³/mol. The summed E-state index contributed by atoms with van der Waals surface area (Å²) in [6.45, 7) is 4.11. The van der Waals surface area contributed by atoms with Crippen molar-refractivity contribution in [1.82, 2.24) is 9.80 Å². The maximum atomic E-state index is 12.6. The van der Waals surface area contributed by atoms with Crippen LogP contribution in [0.4, 0.5) is 0 Å². The average Bonchev–Trinajstić information content (AvgIpc) is 2.98. The zero-order valence-corrected chi connectivity index (χ0v) is 15.3. The number of carbonyl (C=O) groups is 2. The molecular weight excluding hydrogens is 336 g/mol. The molecule has 1 saturated heterocycles. The molecule has 0 aliphatic carbocycles. The molecule has 1 aliphatic rings. The Hall–Kier alpha value is -2.34. The molecule has 1 fully saturated rings. The van der Waals surface area contributed by atoms with Crippen molar-refractivity contribution in [3.8, 4) is 5.75 Å². The second-order valence-electron chi connectivity index (χ2n) is 6.12. The van der Waals surface area contributed by atoms with Gasteiger partial charge in [0.05, 0.1) is 12.0 Å². The van der Waals surface area contributed by atoms with Crippen molar-refractivity contribution >= 4 is 23.2 Å². The van der Waals surface area contributed by atoms with E-state index >= 15 is 0 Å². The van der Waals surface area contributed by atoms with Gasteiger partial charge in [-0.1, -0.05) is 12.1 Å². The Morgan fingerprint density at radius 2 is 2.04 bits per heavy atom.